The highest BCUT2D eigenvalue weighted by Gasteiger charge is 2.26. The molecule has 1 N–H and O–H groups in total. The molecule has 1 aliphatic rings. The molecule has 148 valence electrons. The van der Waals surface area contributed by atoms with Crippen molar-refractivity contribution in [2.24, 2.45) is 0 Å². The Bertz CT molecular complexity index is 756. The van der Waals surface area contributed by atoms with Crippen molar-refractivity contribution in [1.29, 1.82) is 0 Å². The summed E-state index contributed by atoms with van der Waals surface area (Å²) in [6.45, 7) is 5.65. The van der Waals surface area contributed by atoms with E-state index in [2.05, 4.69) is 34.5 Å². The fraction of sp³-hybridized carbons (Fsp3) is 0.391. The van der Waals surface area contributed by atoms with Crippen molar-refractivity contribution in [3.63, 3.8) is 0 Å². The number of nitrogens with zero attached hydrogens (tertiary/aromatic N) is 2. The van der Waals surface area contributed by atoms with Crippen LogP contribution in [0.2, 0.25) is 0 Å². The molecule has 1 aliphatic heterocycles. The fourth-order valence-electron chi connectivity index (χ4n) is 3.60. The zero-order chi connectivity index (χ0) is 19.8. The maximum absolute atomic E-state index is 12.6. The van der Waals surface area contributed by atoms with Gasteiger partial charge in [-0.3, -0.25) is 14.5 Å². The summed E-state index contributed by atoms with van der Waals surface area (Å²) in [5, 5.41) is 2.95. The third kappa shape index (κ3) is 5.67. The second-order valence-electron chi connectivity index (χ2n) is 7.31. The minimum atomic E-state index is -0.487. The van der Waals surface area contributed by atoms with Crippen LogP contribution >= 0.6 is 0 Å². The van der Waals surface area contributed by atoms with E-state index in [1.165, 1.54) is 5.56 Å². The number of piperidine rings is 1. The van der Waals surface area contributed by atoms with Gasteiger partial charge in [0.1, 0.15) is 0 Å². The standard InChI is InChI=1S/C23H29N3O2/c1-2-26(18-20-11-7-4-8-12-20)23(28)22(27)24-21-13-15-25(16-14-21)17-19-9-5-3-6-10-19/h3-12,21H,2,13-18H2,1H3,(H,24,27). The molecular weight excluding hydrogens is 350 g/mol. The number of nitrogens with one attached hydrogen (secondary N) is 1. The molecule has 5 heteroatoms. The molecule has 0 aromatic heterocycles. The van der Waals surface area contributed by atoms with Gasteiger partial charge in [-0.15, -0.1) is 0 Å². The maximum Gasteiger partial charge on any atom is 0.312 e. The first kappa shape index (κ1) is 20.1. The molecule has 2 aromatic rings. The van der Waals surface area contributed by atoms with Crippen LogP contribution in [-0.4, -0.2) is 47.3 Å². The Morgan fingerprint density at radius 3 is 2.11 bits per heavy atom. The molecule has 2 amide bonds. The monoisotopic (exact) mass is 379 g/mol. The van der Waals surface area contributed by atoms with E-state index in [1.54, 1.807) is 4.90 Å². The van der Waals surface area contributed by atoms with Crippen molar-refractivity contribution in [1.82, 2.24) is 15.1 Å². The molecule has 0 bridgehead atoms. The highest BCUT2D eigenvalue weighted by Crippen LogP contribution is 2.14. The molecular formula is C23H29N3O2. The van der Waals surface area contributed by atoms with Crippen molar-refractivity contribution >= 4 is 11.8 Å². The van der Waals surface area contributed by atoms with Gasteiger partial charge < -0.3 is 10.2 Å². The van der Waals surface area contributed by atoms with Gasteiger partial charge in [-0.1, -0.05) is 60.7 Å². The lowest BCUT2D eigenvalue weighted by Crippen LogP contribution is -2.49. The largest absolute Gasteiger partial charge is 0.345 e. The first-order valence-corrected chi connectivity index (χ1v) is 10.1. The minimum Gasteiger partial charge on any atom is -0.345 e. The summed E-state index contributed by atoms with van der Waals surface area (Å²) in [4.78, 5) is 29.0. The van der Waals surface area contributed by atoms with Crippen LogP contribution in [0.1, 0.15) is 30.9 Å². The Morgan fingerprint density at radius 2 is 1.54 bits per heavy atom. The number of likely N-dealkylation sites (tertiary alicyclic amines) is 1. The summed E-state index contributed by atoms with van der Waals surface area (Å²) in [6.07, 6.45) is 1.74. The van der Waals surface area contributed by atoms with Crippen LogP contribution in [0.5, 0.6) is 0 Å². The molecule has 5 nitrogen and oxygen atoms in total. The van der Waals surface area contributed by atoms with Gasteiger partial charge in [-0.25, -0.2) is 0 Å². The predicted octanol–water partition coefficient (Wildman–Crippen LogP) is 2.82. The number of hydrogen-bond acceptors (Lipinski definition) is 3. The van der Waals surface area contributed by atoms with Gasteiger partial charge in [-0.2, -0.15) is 0 Å². The van der Waals surface area contributed by atoms with Crippen LogP contribution in [-0.2, 0) is 22.7 Å². The lowest BCUT2D eigenvalue weighted by molar-refractivity contribution is -0.146. The highest BCUT2D eigenvalue weighted by atomic mass is 16.2. The zero-order valence-corrected chi connectivity index (χ0v) is 16.5. The summed E-state index contributed by atoms with van der Waals surface area (Å²) < 4.78 is 0. The Kier molecular flexibility index (Phi) is 7.20. The Balaban J connectivity index is 1.46. The number of hydrogen-bond donors (Lipinski definition) is 1. The van der Waals surface area contributed by atoms with E-state index in [-0.39, 0.29) is 6.04 Å². The van der Waals surface area contributed by atoms with Gasteiger partial charge in [0.25, 0.3) is 0 Å². The van der Waals surface area contributed by atoms with Gasteiger partial charge in [0.2, 0.25) is 0 Å². The first-order chi connectivity index (χ1) is 13.7. The van der Waals surface area contributed by atoms with Crippen molar-refractivity contribution in [2.75, 3.05) is 19.6 Å². The lowest BCUT2D eigenvalue weighted by atomic mass is 10.0. The van der Waals surface area contributed by atoms with E-state index < -0.39 is 11.8 Å². The van der Waals surface area contributed by atoms with Crippen LogP contribution in [0, 0.1) is 0 Å². The van der Waals surface area contributed by atoms with E-state index in [1.807, 2.05) is 43.3 Å². The number of amides is 2. The number of carbonyl (C=O) groups is 2. The Morgan fingerprint density at radius 1 is 0.964 bits per heavy atom. The van der Waals surface area contributed by atoms with E-state index in [9.17, 15) is 9.59 Å². The molecule has 0 aliphatic carbocycles. The third-order valence-corrected chi connectivity index (χ3v) is 5.25. The lowest BCUT2D eigenvalue weighted by Gasteiger charge is -2.32. The van der Waals surface area contributed by atoms with E-state index in [0.29, 0.717) is 13.1 Å². The van der Waals surface area contributed by atoms with E-state index >= 15 is 0 Å². The van der Waals surface area contributed by atoms with Gasteiger partial charge >= 0.3 is 11.8 Å². The number of rotatable bonds is 6. The normalized spacial score (nSPS) is 15.2. The molecule has 2 aromatic carbocycles. The number of benzene rings is 2. The third-order valence-electron chi connectivity index (χ3n) is 5.25. The second-order valence-corrected chi connectivity index (χ2v) is 7.31. The number of carbonyl (C=O) groups excluding carboxylic acids is 2. The van der Waals surface area contributed by atoms with E-state index in [4.69, 9.17) is 0 Å². The minimum absolute atomic E-state index is 0.0684. The molecule has 0 atom stereocenters. The molecule has 28 heavy (non-hydrogen) atoms. The predicted molar refractivity (Wildman–Crippen MR) is 110 cm³/mol. The maximum atomic E-state index is 12.6. The van der Waals surface area contributed by atoms with Crippen molar-refractivity contribution < 1.29 is 9.59 Å². The van der Waals surface area contributed by atoms with Crippen molar-refractivity contribution in [3.8, 4) is 0 Å². The summed E-state index contributed by atoms with van der Waals surface area (Å²) in [5.41, 5.74) is 2.33. The Hall–Kier alpha value is -2.66. The Labute approximate surface area is 167 Å². The van der Waals surface area contributed by atoms with Gasteiger partial charge in [0.15, 0.2) is 0 Å². The van der Waals surface area contributed by atoms with Gasteiger partial charge in [-0.05, 0) is 30.9 Å². The summed E-state index contributed by atoms with van der Waals surface area (Å²) in [6, 6.07) is 20.3. The van der Waals surface area contributed by atoms with E-state index in [0.717, 1.165) is 38.0 Å². The second kappa shape index (κ2) is 10.0. The van der Waals surface area contributed by atoms with Gasteiger partial charge in [0.05, 0.1) is 0 Å². The summed E-state index contributed by atoms with van der Waals surface area (Å²) in [5.74, 6) is -0.933. The zero-order valence-electron chi connectivity index (χ0n) is 16.5. The van der Waals surface area contributed by atoms with Gasteiger partial charge in [0, 0.05) is 38.8 Å². The molecule has 1 heterocycles. The van der Waals surface area contributed by atoms with Crippen LogP contribution in [0.25, 0.3) is 0 Å². The molecule has 0 unspecified atom stereocenters. The topological polar surface area (TPSA) is 52.7 Å². The quantitative estimate of drug-likeness (QED) is 0.786. The molecule has 0 spiro atoms. The average Bonchev–Trinajstić information content (AvgIpc) is 2.74. The van der Waals surface area contributed by atoms with Crippen LogP contribution < -0.4 is 5.32 Å². The van der Waals surface area contributed by atoms with Crippen LogP contribution in [0.4, 0.5) is 0 Å². The van der Waals surface area contributed by atoms with Crippen molar-refractivity contribution in [2.45, 2.75) is 38.9 Å². The average molecular weight is 380 g/mol. The van der Waals surface area contributed by atoms with Crippen LogP contribution in [0.15, 0.2) is 60.7 Å². The molecule has 0 radical (unpaired) electrons. The van der Waals surface area contributed by atoms with Crippen LogP contribution in [0.3, 0.4) is 0 Å². The van der Waals surface area contributed by atoms with Crippen molar-refractivity contribution in [3.05, 3.63) is 71.8 Å². The summed E-state index contributed by atoms with van der Waals surface area (Å²) >= 11 is 0. The molecule has 3 rings (SSSR count). The summed E-state index contributed by atoms with van der Waals surface area (Å²) in [7, 11) is 0. The first-order valence-electron chi connectivity index (χ1n) is 10.1. The SMILES string of the molecule is CCN(Cc1ccccc1)C(=O)C(=O)NC1CCN(Cc2ccccc2)CC1. The smallest absolute Gasteiger partial charge is 0.312 e. The molecule has 0 saturated carbocycles. The molecule has 1 saturated heterocycles. The number of likely N-dealkylation sites (N-methyl/N-ethyl adjacent to an activating group) is 1. The molecule has 1 fully saturated rings. The highest BCUT2D eigenvalue weighted by molar-refractivity contribution is 6.35. The fourth-order valence-corrected chi connectivity index (χ4v) is 3.60.